The van der Waals surface area contributed by atoms with Crippen molar-refractivity contribution in [2.45, 2.75) is 39.7 Å². The lowest BCUT2D eigenvalue weighted by atomic mass is 10.2. The first-order chi connectivity index (χ1) is 12.5. The zero-order valence-corrected chi connectivity index (χ0v) is 16.8. The quantitative estimate of drug-likeness (QED) is 0.621. The predicted octanol–water partition coefficient (Wildman–Crippen LogP) is 4.67. The largest absolute Gasteiger partial charge is 0.489 e. The Morgan fingerprint density at radius 1 is 1.19 bits per heavy atom. The van der Waals surface area contributed by atoms with E-state index in [0.717, 1.165) is 57.7 Å². The molecule has 26 heavy (non-hydrogen) atoms. The minimum absolute atomic E-state index is 0.167. The fourth-order valence-corrected chi connectivity index (χ4v) is 3.89. The summed E-state index contributed by atoms with van der Waals surface area (Å²) in [5.41, 5.74) is 3.99. The first kappa shape index (κ1) is 17.5. The Labute approximate surface area is 161 Å². The van der Waals surface area contributed by atoms with Crippen LogP contribution in [0.1, 0.15) is 29.9 Å². The second kappa shape index (κ2) is 7.00. The number of halogens is 1. The Morgan fingerprint density at radius 2 is 1.96 bits per heavy atom. The summed E-state index contributed by atoms with van der Waals surface area (Å²) in [6.07, 6.45) is 2.32. The number of rotatable bonds is 4. The fourth-order valence-electron chi connectivity index (χ4n) is 3.45. The first-order valence-corrected chi connectivity index (χ1v) is 9.70. The van der Waals surface area contributed by atoms with Crippen molar-refractivity contribution in [3.8, 4) is 11.7 Å². The molecular formula is C20H22BrN3O2. The Hall–Kier alpha value is -1.92. The van der Waals surface area contributed by atoms with Crippen LogP contribution in [0.15, 0.2) is 28.7 Å². The van der Waals surface area contributed by atoms with Gasteiger partial charge in [-0.1, -0.05) is 15.9 Å². The molecule has 1 unspecified atom stereocenters. The number of aromatic nitrogens is 3. The molecule has 0 spiro atoms. The standard InChI is InChI=1S/C20H22BrN3O2/c1-12-6-7-13(2)24(12)20-22-14(3)17-9-15(21)10-18(19(17)23-20)26-11-16-5-4-8-25-16/h6-7,9-10,16H,4-5,8,11H2,1-3H3. The van der Waals surface area contributed by atoms with E-state index in [-0.39, 0.29) is 6.10 Å². The number of hydrogen-bond acceptors (Lipinski definition) is 4. The van der Waals surface area contributed by atoms with Gasteiger partial charge in [-0.25, -0.2) is 9.97 Å². The fraction of sp³-hybridized carbons (Fsp3) is 0.400. The maximum absolute atomic E-state index is 6.12. The van der Waals surface area contributed by atoms with E-state index < -0.39 is 0 Å². The highest BCUT2D eigenvalue weighted by molar-refractivity contribution is 9.10. The van der Waals surface area contributed by atoms with Crippen LogP contribution in [0.2, 0.25) is 0 Å². The molecule has 1 saturated heterocycles. The minimum Gasteiger partial charge on any atom is -0.489 e. The molecule has 0 N–H and O–H groups in total. The van der Waals surface area contributed by atoms with Crippen LogP contribution in [0.25, 0.3) is 16.9 Å². The summed E-state index contributed by atoms with van der Waals surface area (Å²) in [7, 11) is 0. The van der Waals surface area contributed by atoms with Crippen LogP contribution in [0.5, 0.6) is 5.75 Å². The topological polar surface area (TPSA) is 49.2 Å². The molecule has 0 radical (unpaired) electrons. The van der Waals surface area contributed by atoms with E-state index in [4.69, 9.17) is 19.4 Å². The zero-order chi connectivity index (χ0) is 18.3. The van der Waals surface area contributed by atoms with E-state index in [0.29, 0.717) is 12.6 Å². The summed E-state index contributed by atoms with van der Waals surface area (Å²) in [5, 5.41) is 0.993. The SMILES string of the molecule is Cc1nc(-n2c(C)ccc2C)nc2c(OCC3CCCO3)cc(Br)cc12. The molecule has 1 aromatic carbocycles. The predicted molar refractivity (Wildman–Crippen MR) is 105 cm³/mol. The van der Waals surface area contributed by atoms with Crippen molar-refractivity contribution in [3.63, 3.8) is 0 Å². The van der Waals surface area contributed by atoms with Gasteiger partial charge in [0, 0.05) is 27.9 Å². The van der Waals surface area contributed by atoms with Gasteiger partial charge in [-0.2, -0.15) is 0 Å². The molecule has 1 atom stereocenters. The molecule has 2 aromatic heterocycles. The lowest BCUT2D eigenvalue weighted by Crippen LogP contribution is -2.16. The number of hydrogen-bond donors (Lipinski definition) is 0. The van der Waals surface area contributed by atoms with E-state index >= 15 is 0 Å². The lowest BCUT2D eigenvalue weighted by molar-refractivity contribution is 0.0684. The highest BCUT2D eigenvalue weighted by atomic mass is 79.9. The summed E-state index contributed by atoms with van der Waals surface area (Å²) < 4.78 is 14.8. The van der Waals surface area contributed by atoms with E-state index in [1.165, 1.54) is 0 Å². The molecule has 5 nitrogen and oxygen atoms in total. The van der Waals surface area contributed by atoms with Crippen molar-refractivity contribution in [2.75, 3.05) is 13.2 Å². The summed E-state index contributed by atoms with van der Waals surface area (Å²) in [6.45, 7) is 7.51. The smallest absolute Gasteiger partial charge is 0.235 e. The molecule has 4 rings (SSSR count). The molecule has 0 amide bonds. The Morgan fingerprint density at radius 3 is 2.65 bits per heavy atom. The number of benzene rings is 1. The molecule has 1 fully saturated rings. The van der Waals surface area contributed by atoms with Crippen molar-refractivity contribution in [2.24, 2.45) is 0 Å². The normalized spacial score (nSPS) is 17.2. The third-order valence-corrected chi connectivity index (χ3v) is 5.29. The van der Waals surface area contributed by atoms with Gasteiger partial charge in [0.25, 0.3) is 0 Å². The van der Waals surface area contributed by atoms with Gasteiger partial charge >= 0.3 is 0 Å². The van der Waals surface area contributed by atoms with Gasteiger partial charge in [-0.05, 0) is 57.9 Å². The van der Waals surface area contributed by atoms with E-state index in [1.54, 1.807) is 0 Å². The van der Waals surface area contributed by atoms with Crippen LogP contribution in [-0.2, 0) is 4.74 Å². The van der Waals surface area contributed by atoms with Gasteiger partial charge in [0.05, 0.1) is 11.8 Å². The lowest BCUT2D eigenvalue weighted by Gasteiger charge is -2.15. The second-order valence-corrected chi connectivity index (χ2v) is 7.72. The van der Waals surface area contributed by atoms with Crippen LogP contribution in [0.4, 0.5) is 0 Å². The van der Waals surface area contributed by atoms with Crippen LogP contribution in [-0.4, -0.2) is 33.9 Å². The summed E-state index contributed by atoms with van der Waals surface area (Å²) in [6, 6.07) is 8.18. The highest BCUT2D eigenvalue weighted by Crippen LogP contribution is 2.32. The number of fused-ring (bicyclic) bond motifs is 1. The van der Waals surface area contributed by atoms with Gasteiger partial charge in [0.1, 0.15) is 17.9 Å². The van der Waals surface area contributed by atoms with Gasteiger partial charge in [-0.15, -0.1) is 0 Å². The van der Waals surface area contributed by atoms with E-state index in [2.05, 4.69) is 46.5 Å². The van der Waals surface area contributed by atoms with Crippen LogP contribution in [0, 0.1) is 20.8 Å². The average Bonchev–Trinajstić information content (AvgIpc) is 3.23. The number of aryl methyl sites for hydroxylation is 3. The molecular weight excluding hydrogens is 394 g/mol. The van der Waals surface area contributed by atoms with Gasteiger partial charge in [0.2, 0.25) is 5.95 Å². The Balaban J connectivity index is 1.80. The van der Waals surface area contributed by atoms with Gasteiger partial charge < -0.3 is 9.47 Å². The summed E-state index contributed by atoms with van der Waals surface area (Å²) >= 11 is 3.58. The molecule has 3 heterocycles. The Kier molecular flexibility index (Phi) is 4.71. The van der Waals surface area contributed by atoms with Crippen LogP contribution < -0.4 is 4.74 Å². The molecule has 0 saturated carbocycles. The number of ether oxygens (including phenoxy) is 2. The van der Waals surface area contributed by atoms with Crippen molar-refractivity contribution in [1.29, 1.82) is 0 Å². The van der Waals surface area contributed by atoms with Crippen molar-refractivity contribution in [3.05, 3.63) is 45.8 Å². The van der Waals surface area contributed by atoms with Crippen molar-refractivity contribution < 1.29 is 9.47 Å². The monoisotopic (exact) mass is 415 g/mol. The van der Waals surface area contributed by atoms with Crippen molar-refractivity contribution in [1.82, 2.24) is 14.5 Å². The average molecular weight is 416 g/mol. The summed E-state index contributed by atoms with van der Waals surface area (Å²) in [5.74, 6) is 1.44. The molecule has 3 aromatic rings. The Bertz CT molecular complexity index is 942. The maximum atomic E-state index is 6.12. The molecule has 1 aliphatic heterocycles. The molecule has 0 aliphatic carbocycles. The molecule has 0 bridgehead atoms. The third kappa shape index (κ3) is 3.23. The minimum atomic E-state index is 0.167. The zero-order valence-electron chi connectivity index (χ0n) is 15.3. The molecule has 136 valence electrons. The maximum Gasteiger partial charge on any atom is 0.235 e. The van der Waals surface area contributed by atoms with Crippen molar-refractivity contribution >= 4 is 26.8 Å². The van der Waals surface area contributed by atoms with Crippen LogP contribution in [0.3, 0.4) is 0 Å². The third-order valence-electron chi connectivity index (χ3n) is 4.83. The van der Waals surface area contributed by atoms with E-state index in [9.17, 15) is 0 Å². The summed E-state index contributed by atoms with van der Waals surface area (Å²) in [4.78, 5) is 9.59. The van der Waals surface area contributed by atoms with E-state index in [1.807, 2.05) is 19.1 Å². The van der Waals surface area contributed by atoms with Gasteiger partial charge in [-0.3, -0.25) is 4.57 Å². The van der Waals surface area contributed by atoms with Gasteiger partial charge in [0.15, 0.2) is 0 Å². The molecule has 1 aliphatic rings. The van der Waals surface area contributed by atoms with Crippen LogP contribution >= 0.6 is 15.9 Å². The molecule has 6 heteroatoms. The first-order valence-electron chi connectivity index (χ1n) is 8.90. The number of nitrogens with zero attached hydrogens (tertiary/aromatic N) is 3. The highest BCUT2D eigenvalue weighted by Gasteiger charge is 2.18. The second-order valence-electron chi connectivity index (χ2n) is 6.81.